The van der Waals surface area contributed by atoms with E-state index in [2.05, 4.69) is 11.1 Å². The maximum atomic E-state index is 12.7. The summed E-state index contributed by atoms with van der Waals surface area (Å²) in [5.74, 6) is -0.0554. The molecule has 1 N–H and O–H groups in total. The van der Waals surface area contributed by atoms with Crippen LogP contribution in [0.1, 0.15) is 33.3 Å². The Balaban J connectivity index is 2.01. The van der Waals surface area contributed by atoms with Gasteiger partial charge >= 0.3 is 0 Å². The summed E-state index contributed by atoms with van der Waals surface area (Å²) in [7, 11) is 0. The number of carbonyl (C=O) groups excluding carboxylic acids is 1. The van der Waals surface area contributed by atoms with Gasteiger partial charge in [0.2, 0.25) is 11.5 Å². The van der Waals surface area contributed by atoms with Gasteiger partial charge in [0.05, 0.1) is 12.2 Å². The number of fused-ring (bicyclic) bond motifs is 1. The lowest BCUT2D eigenvalue weighted by Crippen LogP contribution is -2.55. The molecular formula is C22H27NO4. The first-order valence-electron chi connectivity index (χ1n) is 9.30. The van der Waals surface area contributed by atoms with E-state index in [-0.39, 0.29) is 30.1 Å². The topological polar surface area (TPSA) is 60.7 Å². The molecule has 1 aromatic carbocycles. The molecule has 1 heterocycles. The third kappa shape index (κ3) is 3.39. The van der Waals surface area contributed by atoms with Crippen LogP contribution in [0, 0.1) is 0 Å². The van der Waals surface area contributed by atoms with Crippen LogP contribution >= 0.6 is 0 Å². The number of Topliss-reactive ketones (excluding diaryl/α,β-unsaturated/α-hetero) is 1. The number of nitrogens with zero attached hydrogens (tertiary/aromatic N) is 1. The van der Waals surface area contributed by atoms with Crippen molar-refractivity contribution in [3.05, 3.63) is 60.2 Å². The summed E-state index contributed by atoms with van der Waals surface area (Å²) in [5.41, 5.74) is 0.228. The van der Waals surface area contributed by atoms with Crippen LogP contribution in [-0.4, -0.2) is 33.3 Å². The standard InChI is InChI=1S/C22H27NO4/c1-6-11-23-13-16(17-9-7-8-10-18(17)23)12-22(25)20(24)19(26-14(2)3)21(22)27-15(4)5/h6-10,13-15,25H,1,11-12H2,2-5H3. The number of aromatic nitrogens is 1. The van der Waals surface area contributed by atoms with Crippen molar-refractivity contribution in [2.75, 3.05) is 0 Å². The molecule has 5 heteroatoms. The fourth-order valence-electron chi connectivity index (χ4n) is 3.44. The van der Waals surface area contributed by atoms with Gasteiger partial charge in [0, 0.05) is 30.1 Å². The Kier molecular flexibility index (Phi) is 5.16. The van der Waals surface area contributed by atoms with Gasteiger partial charge in [-0.1, -0.05) is 24.3 Å². The molecule has 1 aromatic heterocycles. The van der Waals surface area contributed by atoms with Crippen LogP contribution in [0.2, 0.25) is 0 Å². The molecular weight excluding hydrogens is 342 g/mol. The predicted octanol–water partition coefficient (Wildman–Crippen LogP) is 3.75. The van der Waals surface area contributed by atoms with E-state index in [1.54, 1.807) is 0 Å². The molecule has 1 aliphatic rings. The molecule has 2 aromatic rings. The second-order valence-corrected chi connectivity index (χ2v) is 7.47. The van der Waals surface area contributed by atoms with E-state index in [1.807, 2.05) is 64.2 Å². The fraction of sp³-hybridized carbons (Fsp3) is 0.409. The average molecular weight is 369 g/mol. The first kappa shape index (κ1) is 19.2. The largest absolute Gasteiger partial charge is 0.488 e. The lowest BCUT2D eigenvalue weighted by molar-refractivity contribution is -0.150. The lowest BCUT2D eigenvalue weighted by atomic mass is 9.78. The smallest absolute Gasteiger partial charge is 0.240 e. The van der Waals surface area contributed by atoms with Crippen molar-refractivity contribution in [2.24, 2.45) is 0 Å². The summed E-state index contributed by atoms with van der Waals surface area (Å²) in [6.07, 6.45) is 3.58. The summed E-state index contributed by atoms with van der Waals surface area (Å²) in [6.45, 7) is 11.9. The highest BCUT2D eigenvalue weighted by atomic mass is 16.5. The monoisotopic (exact) mass is 369 g/mol. The Morgan fingerprint density at radius 1 is 1.19 bits per heavy atom. The van der Waals surface area contributed by atoms with Crippen LogP contribution in [0.15, 0.2) is 54.6 Å². The number of hydrogen-bond donors (Lipinski definition) is 1. The van der Waals surface area contributed by atoms with Crippen molar-refractivity contribution in [3.63, 3.8) is 0 Å². The summed E-state index contributed by atoms with van der Waals surface area (Å²) in [4.78, 5) is 12.7. The van der Waals surface area contributed by atoms with Crippen LogP contribution in [0.4, 0.5) is 0 Å². The Hall–Kier alpha value is -2.53. The molecule has 5 nitrogen and oxygen atoms in total. The van der Waals surface area contributed by atoms with Gasteiger partial charge in [-0.3, -0.25) is 4.79 Å². The van der Waals surface area contributed by atoms with E-state index in [4.69, 9.17) is 9.47 Å². The van der Waals surface area contributed by atoms with Crippen molar-refractivity contribution in [3.8, 4) is 0 Å². The highest BCUT2D eigenvalue weighted by Crippen LogP contribution is 2.41. The van der Waals surface area contributed by atoms with E-state index in [9.17, 15) is 9.90 Å². The molecule has 0 amide bonds. The Bertz CT molecular complexity index is 906. The van der Waals surface area contributed by atoms with Crippen LogP contribution in [0.25, 0.3) is 10.9 Å². The second-order valence-electron chi connectivity index (χ2n) is 7.47. The normalized spacial score (nSPS) is 19.7. The van der Waals surface area contributed by atoms with Crippen molar-refractivity contribution in [2.45, 2.75) is 58.5 Å². The number of allylic oxidation sites excluding steroid dienone is 1. The van der Waals surface area contributed by atoms with Crippen LogP contribution in [0.3, 0.4) is 0 Å². The van der Waals surface area contributed by atoms with Gasteiger partial charge in [-0.05, 0) is 39.3 Å². The SMILES string of the molecule is C=CCn1cc(CC2(O)C(=O)C(OC(C)C)=C2OC(C)C)c2ccccc21. The third-order valence-electron chi connectivity index (χ3n) is 4.51. The predicted molar refractivity (Wildman–Crippen MR) is 105 cm³/mol. The Labute approximate surface area is 159 Å². The zero-order valence-corrected chi connectivity index (χ0v) is 16.4. The van der Waals surface area contributed by atoms with E-state index >= 15 is 0 Å². The molecule has 1 aliphatic carbocycles. The van der Waals surface area contributed by atoms with Gasteiger partial charge in [0.1, 0.15) is 0 Å². The molecule has 0 saturated carbocycles. The van der Waals surface area contributed by atoms with Crippen LogP contribution < -0.4 is 0 Å². The molecule has 0 spiro atoms. The summed E-state index contributed by atoms with van der Waals surface area (Å²) >= 11 is 0. The highest BCUT2D eigenvalue weighted by molar-refractivity contribution is 6.10. The Morgan fingerprint density at radius 2 is 1.85 bits per heavy atom. The zero-order valence-electron chi connectivity index (χ0n) is 16.4. The average Bonchev–Trinajstić information content (AvgIpc) is 2.95. The summed E-state index contributed by atoms with van der Waals surface area (Å²) in [5, 5.41) is 12.2. The van der Waals surface area contributed by atoms with E-state index in [0.29, 0.717) is 6.54 Å². The van der Waals surface area contributed by atoms with Crippen molar-refractivity contribution in [1.82, 2.24) is 4.57 Å². The van der Waals surface area contributed by atoms with Gasteiger partial charge in [-0.25, -0.2) is 0 Å². The molecule has 0 radical (unpaired) electrons. The minimum atomic E-state index is -1.70. The van der Waals surface area contributed by atoms with Gasteiger partial charge in [0.15, 0.2) is 11.4 Å². The van der Waals surface area contributed by atoms with Gasteiger partial charge < -0.3 is 19.1 Å². The molecule has 1 unspecified atom stereocenters. The molecule has 0 fully saturated rings. The first-order chi connectivity index (χ1) is 12.8. The van der Waals surface area contributed by atoms with Crippen LogP contribution in [0.5, 0.6) is 0 Å². The molecule has 27 heavy (non-hydrogen) atoms. The number of hydrogen-bond acceptors (Lipinski definition) is 4. The number of rotatable bonds is 8. The molecule has 0 saturated heterocycles. The van der Waals surface area contributed by atoms with E-state index < -0.39 is 11.4 Å². The molecule has 1 atom stereocenters. The number of ketones is 1. The number of carbonyl (C=O) groups is 1. The van der Waals surface area contributed by atoms with E-state index in [0.717, 1.165) is 16.5 Å². The molecule has 0 aliphatic heterocycles. The van der Waals surface area contributed by atoms with Gasteiger partial charge in [0.25, 0.3) is 0 Å². The maximum absolute atomic E-state index is 12.7. The van der Waals surface area contributed by atoms with Gasteiger partial charge in [-0.2, -0.15) is 0 Å². The number of aliphatic hydroxyl groups is 1. The molecule has 3 rings (SSSR count). The zero-order chi connectivity index (χ0) is 19.8. The fourth-order valence-corrected chi connectivity index (χ4v) is 3.44. The molecule has 144 valence electrons. The number of benzene rings is 1. The quantitative estimate of drug-likeness (QED) is 0.720. The van der Waals surface area contributed by atoms with Crippen molar-refractivity contribution < 1.29 is 19.4 Å². The van der Waals surface area contributed by atoms with Crippen molar-refractivity contribution in [1.29, 1.82) is 0 Å². The number of para-hydroxylation sites is 1. The summed E-state index contributed by atoms with van der Waals surface area (Å²) in [6, 6.07) is 7.93. The Morgan fingerprint density at radius 3 is 2.48 bits per heavy atom. The lowest BCUT2D eigenvalue weighted by Gasteiger charge is -2.39. The second kappa shape index (κ2) is 7.24. The summed E-state index contributed by atoms with van der Waals surface area (Å²) < 4.78 is 13.4. The highest BCUT2D eigenvalue weighted by Gasteiger charge is 2.57. The first-order valence-corrected chi connectivity index (χ1v) is 9.30. The molecule has 0 bridgehead atoms. The minimum Gasteiger partial charge on any atom is -0.488 e. The van der Waals surface area contributed by atoms with Crippen LogP contribution in [-0.2, 0) is 27.2 Å². The maximum Gasteiger partial charge on any atom is 0.240 e. The van der Waals surface area contributed by atoms with E-state index in [1.165, 1.54) is 0 Å². The minimum absolute atomic E-state index is 0.135. The van der Waals surface area contributed by atoms with Gasteiger partial charge in [-0.15, -0.1) is 6.58 Å². The third-order valence-corrected chi connectivity index (χ3v) is 4.51. The number of ether oxygens (including phenoxy) is 2. The van der Waals surface area contributed by atoms with Crippen molar-refractivity contribution >= 4 is 16.7 Å².